The van der Waals surface area contributed by atoms with Gasteiger partial charge in [0.05, 0.1) is 24.0 Å². The number of oxazole rings is 1. The fourth-order valence-electron chi connectivity index (χ4n) is 3.50. The highest BCUT2D eigenvalue weighted by Crippen LogP contribution is 2.42. The van der Waals surface area contributed by atoms with Crippen LogP contribution in [0.5, 0.6) is 0 Å². The van der Waals surface area contributed by atoms with E-state index >= 15 is 0 Å². The first-order valence-electron chi connectivity index (χ1n) is 8.30. The Balaban J connectivity index is 1.80. The maximum atomic E-state index is 5.57. The fraction of sp³-hybridized carbons (Fsp3) is 0.467. The Labute approximate surface area is 171 Å². The molecule has 3 aliphatic rings. The Bertz CT molecular complexity index is 739. The third kappa shape index (κ3) is 3.40. The molecule has 1 fully saturated rings. The number of hydrazine groups is 1. The average molecular weight is 429 g/mol. The lowest BCUT2D eigenvalue weighted by Crippen LogP contribution is -2.41. The number of fused-ring (bicyclic) bond motifs is 1. The SMILES string of the molecule is CN1CC(c2cnco2)=C2N=C(C3CCCNC3)C=C(N(SS)SS)N21. The summed E-state index contributed by atoms with van der Waals surface area (Å²) < 4.78 is 7.52. The molecule has 0 bridgehead atoms. The fourth-order valence-corrected chi connectivity index (χ4v) is 5.62. The van der Waals surface area contributed by atoms with Gasteiger partial charge in [-0.3, -0.25) is 0 Å². The molecule has 0 aliphatic carbocycles. The lowest BCUT2D eigenvalue weighted by Gasteiger charge is -2.37. The number of aliphatic imine (C=N–C) groups is 1. The van der Waals surface area contributed by atoms with Gasteiger partial charge in [-0.25, -0.2) is 23.7 Å². The standard InChI is InChI=1S/C15H20N6OS4/c1-19-8-11(13-7-17-9-22-13)15-18-12(10-3-2-4-16-6-10)5-14(20(15)19)21(25-23)26-24/h5,7,9-10,16,23-24H,2-4,6,8H2,1H3. The van der Waals surface area contributed by atoms with E-state index in [4.69, 9.17) is 9.41 Å². The van der Waals surface area contributed by atoms with Crippen molar-refractivity contribution in [1.82, 2.24) is 24.0 Å². The Morgan fingerprint density at radius 2 is 2.23 bits per heavy atom. The number of allylic oxidation sites excluding steroid dienone is 1. The van der Waals surface area contributed by atoms with Crippen molar-refractivity contribution in [2.75, 3.05) is 26.7 Å². The van der Waals surface area contributed by atoms with Crippen LogP contribution in [0.25, 0.3) is 5.57 Å². The van der Waals surface area contributed by atoms with Crippen LogP contribution in [0.15, 0.2) is 39.7 Å². The minimum atomic E-state index is 0.395. The molecule has 1 atom stereocenters. The van der Waals surface area contributed by atoms with Crippen LogP contribution < -0.4 is 5.32 Å². The highest BCUT2D eigenvalue weighted by Gasteiger charge is 2.38. The molecule has 0 saturated carbocycles. The van der Waals surface area contributed by atoms with E-state index in [9.17, 15) is 0 Å². The summed E-state index contributed by atoms with van der Waals surface area (Å²) in [4.78, 5) is 9.11. The maximum absolute atomic E-state index is 5.57. The minimum absolute atomic E-state index is 0.395. The van der Waals surface area contributed by atoms with Crippen LogP contribution in [0.2, 0.25) is 0 Å². The van der Waals surface area contributed by atoms with Crippen molar-refractivity contribution in [2.24, 2.45) is 10.9 Å². The van der Waals surface area contributed by atoms with Gasteiger partial charge in [-0.2, -0.15) is 0 Å². The summed E-state index contributed by atoms with van der Waals surface area (Å²) in [6, 6.07) is 0. The van der Waals surface area contributed by atoms with Crippen LogP contribution in [-0.4, -0.2) is 51.1 Å². The molecule has 1 unspecified atom stereocenters. The van der Waals surface area contributed by atoms with Gasteiger partial charge in [0.25, 0.3) is 0 Å². The third-order valence-electron chi connectivity index (χ3n) is 4.71. The van der Waals surface area contributed by atoms with E-state index in [0.29, 0.717) is 12.5 Å². The number of rotatable bonds is 5. The first-order valence-corrected chi connectivity index (χ1v) is 12.0. The maximum Gasteiger partial charge on any atom is 0.181 e. The highest BCUT2D eigenvalue weighted by atomic mass is 33.1. The molecule has 11 heteroatoms. The average Bonchev–Trinajstić information content (AvgIpc) is 3.31. The molecule has 1 N–H and O–H groups in total. The number of hydrogen-bond donors (Lipinski definition) is 3. The van der Waals surface area contributed by atoms with Gasteiger partial charge >= 0.3 is 0 Å². The van der Waals surface area contributed by atoms with E-state index in [2.05, 4.69) is 49.7 Å². The number of hydrogen-bond acceptors (Lipinski definition) is 11. The smallest absolute Gasteiger partial charge is 0.181 e. The minimum Gasteiger partial charge on any atom is -0.444 e. The zero-order valence-corrected chi connectivity index (χ0v) is 17.6. The van der Waals surface area contributed by atoms with Crippen LogP contribution in [-0.2, 0) is 0 Å². The predicted molar refractivity (Wildman–Crippen MR) is 114 cm³/mol. The molecular weight excluding hydrogens is 408 g/mol. The zero-order chi connectivity index (χ0) is 18.1. The molecule has 7 nitrogen and oxygen atoms in total. The molecule has 4 rings (SSSR count). The van der Waals surface area contributed by atoms with Crippen molar-refractivity contribution in [2.45, 2.75) is 12.8 Å². The van der Waals surface area contributed by atoms with Gasteiger partial charge in [0.15, 0.2) is 18.0 Å². The van der Waals surface area contributed by atoms with Crippen molar-refractivity contribution >= 4 is 56.6 Å². The highest BCUT2D eigenvalue weighted by molar-refractivity contribution is 8.75. The number of likely N-dealkylation sites (N-methyl/N-ethyl adjacent to an activating group) is 1. The van der Waals surface area contributed by atoms with E-state index < -0.39 is 0 Å². The molecule has 0 amide bonds. The van der Waals surface area contributed by atoms with Crippen molar-refractivity contribution < 1.29 is 4.42 Å². The molecule has 26 heavy (non-hydrogen) atoms. The van der Waals surface area contributed by atoms with Gasteiger partial charge in [0.2, 0.25) is 0 Å². The molecule has 1 aromatic rings. The zero-order valence-electron chi connectivity index (χ0n) is 14.2. The molecule has 1 saturated heterocycles. The van der Waals surface area contributed by atoms with Crippen molar-refractivity contribution in [3.63, 3.8) is 0 Å². The molecule has 140 valence electrons. The van der Waals surface area contributed by atoms with E-state index in [0.717, 1.165) is 54.6 Å². The van der Waals surface area contributed by atoms with Crippen LogP contribution in [0, 0.1) is 5.92 Å². The molecule has 0 aromatic carbocycles. The summed E-state index contributed by atoms with van der Waals surface area (Å²) in [5, 5.41) is 7.68. The third-order valence-corrected chi connectivity index (χ3v) is 7.47. The molecular formula is C15H20N6OS4. The summed E-state index contributed by atoms with van der Waals surface area (Å²) in [6.07, 6.45) is 7.65. The van der Waals surface area contributed by atoms with Crippen molar-refractivity contribution in [3.05, 3.63) is 36.1 Å². The Morgan fingerprint density at radius 1 is 1.38 bits per heavy atom. The van der Waals surface area contributed by atoms with E-state index in [1.54, 1.807) is 6.20 Å². The number of piperidine rings is 1. The number of nitrogens with one attached hydrogen (secondary N) is 1. The summed E-state index contributed by atoms with van der Waals surface area (Å²) in [6.45, 7) is 2.72. The predicted octanol–water partition coefficient (Wildman–Crippen LogP) is 3.09. The quantitative estimate of drug-likeness (QED) is 0.376. The van der Waals surface area contributed by atoms with Crippen molar-refractivity contribution in [1.29, 1.82) is 0 Å². The molecule has 0 spiro atoms. The molecule has 4 heterocycles. The van der Waals surface area contributed by atoms with E-state index in [1.165, 1.54) is 28.4 Å². The lowest BCUT2D eigenvalue weighted by atomic mass is 9.93. The monoisotopic (exact) mass is 428 g/mol. The Morgan fingerprint density at radius 3 is 2.88 bits per heavy atom. The second kappa shape index (κ2) is 8.11. The number of nitrogens with zero attached hydrogens (tertiary/aromatic N) is 5. The van der Waals surface area contributed by atoms with Crippen LogP contribution in [0.4, 0.5) is 0 Å². The first kappa shape index (κ1) is 18.6. The van der Waals surface area contributed by atoms with E-state index in [1.807, 2.05) is 10.8 Å². The summed E-state index contributed by atoms with van der Waals surface area (Å²) in [5.74, 6) is 3.01. The molecule has 0 radical (unpaired) electrons. The lowest BCUT2D eigenvalue weighted by molar-refractivity contribution is 0.0960. The normalized spacial score (nSPS) is 23.8. The van der Waals surface area contributed by atoms with Gasteiger partial charge in [0, 0.05) is 47.5 Å². The van der Waals surface area contributed by atoms with Gasteiger partial charge in [0.1, 0.15) is 5.82 Å². The first-order chi connectivity index (χ1) is 12.7. The van der Waals surface area contributed by atoms with Crippen molar-refractivity contribution in [3.8, 4) is 0 Å². The second-order valence-corrected chi connectivity index (χ2v) is 8.57. The topological polar surface area (TPSA) is 60.1 Å². The van der Waals surface area contributed by atoms with Gasteiger partial charge < -0.3 is 9.73 Å². The largest absolute Gasteiger partial charge is 0.444 e. The summed E-state index contributed by atoms with van der Waals surface area (Å²) in [7, 11) is 4.68. The number of thiol groups is 2. The molecule has 1 aromatic heterocycles. The van der Waals surface area contributed by atoms with E-state index in [-0.39, 0.29) is 0 Å². The van der Waals surface area contributed by atoms with Crippen LogP contribution in [0.3, 0.4) is 0 Å². The summed E-state index contributed by atoms with van der Waals surface area (Å²) >= 11 is 8.79. The van der Waals surface area contributed by atoms with Gasteiger partial charge in [-0.05, 0) is 19.4 Å². The van der Waals surface area contributed by atoms with Gasteiger partial charge in [-0.15, -0.1) is 0 Å². The second-order valence-electron chi connectivity index (χ2n) is 6.30. The van der Waals surface area contributed by atoms with Crippen LogP contribution in [0.1, 0.15) is 18.6 Å². The Hall–Kier alpha value is -0.720. The van der Waals surface area contributed by atoms with Crippen LogP contribution >= 0.6 is 45.3 Å². The Kier molecular flexibility index (Phi) is 5.81. The molecule has 3 aliphatic heterocycles. The number of aromatic nitrogens is 1. The van der Waals surface area contributed by atoms with Gasteiger partial charge in [-0.1, -0.05) is 23.3 Å². The summed E-state index contributed by atoms with van der Waals surface area (Å²) in [5.41, 5.74) is 2.12.